The van der Waals surface area contributed by atoms with Gasteiger partial charge in [0.15, 0.2) is 0 Å². The topological polar surface area (TPSA) is 90.3 Å². The molecule has 0 aliphatic heterocycles. The summed E-state index contributed by atoms with van der Waals surface area (Å²) in [6, 6.07) is 8.30. The van der Waals surface area contributed by atoms with Crippen molar-refractivity contribution in [1.29, 1.82) is 0 Å². The third-order valence-electron chi connectivity index (χ3n) is 5.73. The van der Waals surface area contributed by atoms with Crippen LogP contribution in [0.2, 0.25) is 0 Å². The molecule has 7 nitrogen and oxygen atoms in total. The van der Waals surface area contributed by atoms with Crippen LogP contribution in [0.4, 0.5) is 5.69 Å². The van der Waals surface area contributed by atoms with Gasteiger partial charge in [-0.05, 0) is 57.2 Å². The average molecular weight is 440 g/mol. The molecule has 4 rings (SSSR count). The van der Waals surface area contributed by atoms with Crippen LogP contribution in [0.15, 0.2) is 41.5 Å². The number of thiophene rings is 1. The minimum absolute atomic E-state index is 0.0582. The van der Waals surface area contributed by atoms with E-state index in [1.807, 2.05) is 18.2 Å². The van der Waals surface area contributed by atoms with Gasteiger partial charge in [0.1, 0.15) is 21.9 Å². The Morgan fingerprint density at radius 3 is 2.61 bits per heavy atom. The predicted octanol–water partition coefficient (Wildman–Crippen LogP) is 4.46. The molecular weight excluding hydrogens is 414 g/mol. The molecule has 1 fully saturated rings. The number of carbonyl (C=O) groups is 2. The van der Waals surface area contributed by atoms with Crippen LogP contribution < -0.4 is 10.9 Å². The van der Waals surface area contributed by atoms with Gasteiger partial charge < -0.3 is 10.1 Å². The first-order valence-electron chi connectivity index (χ1n) is 10.5. The molecule has 1 aliphatic rings. The Morgan fingerprint density at radius 1 is 1.19 bits per heavy atom. The molecule has 0 radical (unpaired) electrons. The Balaban J connectivity index is 1.59. The van der Waals surface area contributed by atoms with E-state index in [9.17, 15) is 14.4 Å². The van der Waals surface area contributed by atoms with Gasteiger partial charge in [-0.25, -0.2) is 9.78 Å². The molecule has 31 heavy (non-hydrogen) atoms. The monoisotopic (exact) mass is 439 g/mol. The Morgan fingerprint density at radius 2 is 1.90 bits per heavy atom. The van der Waals surface area contributed by atoms with E-state index in [1.165, 1.54) is 28.7 Å². The second-order valence-electron chi connectivity index (χ2n) is 7.89. The summed E-state index contributed by atoms with van der Waals surface area (Å²) in [5.41, 5.74) is 0.871. The highest BCUT2D eigenvalue weighted by atomic mass is 32.1. The Labute approximate surface area is 184 Å². The first-order chi connectivity index (χ1) is 15.0. The second-order valence-corrected chi connectivity index (χ2v) is 8.89. The van der Waals surface area contributed by atoms with Crippen molar-refractivity contribution in [3.05, 3.63) is 57.5 Å². The zero-order valence-corrected chi connectivity index (χ0v) is 18.4. The first-order valence-corrected chi connectivity index (χ1v) is 11.3. The SMILES string of the molecule is Cc1c(C(=O)OC2CCCCC2)sc2ncn(C(C)C(=O)Nc3ccccc3)c(=O)c12. The lowest BCUT2D eigenvalue weighted by Crippen LogP contribution is -2.31. The number of benzene rings is 1. The van der Waals surface area contributed by atoms with E-state index in [-0.39, 0.29) is 17.6 Å². The molecule has 1 amide bonds. The van der Waals surface area contributed by atoms with Crippen LogP contribution in [0.1, 0.15) is 60.3 Å². The van der Waals surface area contributed by atoms with Crippen LogP contribution in [0.3, 0.4) is 0 Å². The summed E-state index contributed by atoms with van der Waals surface area (Å²) < 4.78 is 6.98. The van der Waals surface area contributed by atoms with Crippen LogP contribution in [0.5, 0.6) is 0 Å². The van der Waals surface area contributed by atoms with Gasteiger partial charge in [0, 0.05) is 5.69 Å². The molecule has 0 spiro atoms. The van der Waals surface area contributed by atoms with Crippen molar-refractivity contribution in [2.24, 2.45) is 0 Å². The predicted molar refractivity (Wildman–Crippen MR) is 121 cm³/mol. The summed E-state index contributed by atoms with van der Waals surface area (Å²) in [4.78, 5) is 43.8. The molecule has 1 unspecified atom stereocenters. The van der Waals surface area contributed by atoms with Crippen molar-refractivity contribution in [2.75, 3.05) is 5.32 Å². The third-order valence-corrected chi connectivity index (χ3v) is 6.91. The number of nitrogens with zero attached hydrogens (tertiary/aromatic N) is 2. The number of fused-ring (bicyclic) bond motifs is 1. The fraction of sp³-hybridized carbons (Fsp3) is 0.391. The number of carbonyl (C=O) groups excluding carboxylic acids is 2. The van der Waals surface area contributed by atoms with E-state index in [4.69, 9.17) is 4.74 Å². The Kier molecular flexibility index (Phi) is 6.18. The summed E-state index contributed by atoms with van der Waals surface area (Å²) in [6.07, 6.45) is 6.39. The summed E-state index contributed by atoms with van der Waals surface area (Å²) in [5, 5.41) is 3.16. The number of rotatable bonds is 5. The minimum atomic E-state index is -0.762. The van der Waals surface area contributed by atoms with E-state index in [1.54, 1.807) is 26.0 Å². The van der Waals surface area contributed by atoms with Crippen molar-refractivity contribution in [3.63, 3.8) is 0 Å². The maximum atomic E-state index is 13.2. The summed E-state index contributed by atoms with van der Waals surface area (Å²) in [5.74, 6) is -0.715. The number of hydrogen-bond donors (Lipinski definition) is 1. The largest absolute Gasteiger partial charge is 0.458 e. The van der Waals surface area contributed by atoms with E-state index in [0.29, 0.717) is 26.3 Å². The molecule has 2 heterocycles. The van der Waals surface area contributed by atoms with Gasteiger partial charge in [-0.3, -0.25) is 14.2 Å². The van der Waals surface area contributed by atoms with Crippen molar-refractivity contribution in [2.45, 2.75) is 58.1 Å². The van der Waals surface area contributed by atoms with E-state index in [2.05, 4.69) is 10.3 Å². The van der Waals surface area contributed by atoms with Crippen LogP contribution in [-0.4, -0.2) is 27.5 Å². The van der Waals surface area contributed by atoms with Crippen molar-refractivity contribution in [1.82, 2.24) is 9.55 Å². The lowest BCUT2D eigenvalue weighted by Gasteiger charge is -2.21. The molecule has 0 bridgehead atoms. The van der Waals surface area contributed by atoms with Gasteiger partial charge in [-0.1, -0.05) is 24.6 Å². The van der Waals surface area contributed by atoms with Crippen molar-refractivity contribution >= 4 is 39.1 Å². The quantitative estimate of drug-likeness (QED) is 0.593. The summed E-state index contributed by atoms with van der Waals surface area (Å²) in [7, 11) is 0. The Hall–Kier alpha value is -3.00. The molecule has 2 aromatic heterocycles. The normalized spacial score (nSPS) is 15.5. The number of amides is 1. The van der Waals surface area contributed by atoms with Gasteiger partial charge in [-0.15, -0.1) is 11.3 Å². The number of ether oxygens (including phenoxy) is 1. The van der Waals surface area contributed by atoms with Crippen LogP contribution in [-0.2, 0) is 9.53 Å². The third kappa shape index (κ3) is 4.39. The van der Waals surface area contributed by atoms with Crippen molar-refractivity contribution < 1.29 is 14.3 Å². The number of nitrogens with one attached hydrogen (secondary N) is 1. The minimum Gasteiger partial charge on any atom is -0.458 e. The first kappa shape index (κ1) is 21.2. The summed E-state index contributed by atoms with van der Waals surface area (Å²) >= 11 is 1.17. The molecule has 1 aromatic carbocycles. The maximum absolute atomic E-state index is 13.2. The summed E-state index contributed by atoms with van der Waals surface area (Å²) in [6.45, 7) is 3.38. The fourth-order valence-electron chi connectivity index (χ4n) is 3.89. The zero-order chi connectivity index (χ0) is 22.0. The highest BCUT2D eigenvalue weighted by molar-refractivity contribution is 7.20. The standard InChI is InChI=1S/C23H25N3O4S/c1-14-18-21(31-19(14)23(29)30-17-11-7-4-8-12-17)24-13-26(22(18)28)15(2)20(27)25-16-9-5-3-6-10-16/h3,5-6,9-10,13,15,17H,4,7-8,11-12H2,1-2H3,(H,25,27). The lowest BCUT2D eigenvalue weighted by atomic mass is 9.98. The van der Waals surface area contributed by atoms with Gasteiger partial charge in [0.05, 0.1) is 11.7 Å². The van der Waals surface area contributed by atoms with Crippen molar-refractivity contribution in [3.8, 4) is 0 Å². The molecule has 162 valence electrons. The molecule has 1 N–H and O–H groups in total. The molecule has 1 atom stereocenters. The average Bonchev–Trinajstić information content (AvgIpc) is 3.12. The number of para-hydroxylation sites is 1. The number of aromatic nitrogens is 2. The number of anilines is 1. The highest BCUT2D eigenvalue weighted by Crippen LogP contribution is 2.29. The molecule has 3 aromatic rings. The van der Waals surface area contributed by atoms with E-state index in [0.717, 1.165) is 25.7 Å². The molecule has 1 aliphatic carbocycles. The molecule has 8 heteroatoms. The zero-order valence-electron chi connectivity index (χ0n) is 17.6. The highest BCUT2D eigenvalue weighted by Gasteiger charge is 2.26. The van der Waals surface area contributed by atoms with Gasteiger partial charge in [-0.2, -0.15) is 0 Å². The smallest absolute Gasteiger partial charge is 0.348 e. The number of aryl methyl sites for hydroxylation is 1. The Bertz CT molecular complexity index is 1160. The molecule has 0 saturated heterocycles. The van der Waals surface area contributed by atoms with Gasteiger partial charge in [0.2, 0.25) is 5.91 Å². The lowest BCUT2D eigenvalue weighted by molar-refractivity contribution is -0.118. The van der Waals surface area contributed by atoms with Gasteiger partial charge in [0.25, 0.3) is 5.56 Å². The maximum Gasteiger partial charge on any atom is 0.348 e. The van der Waals surface area contributed by atoms with E-state index >= 15 is 0 Å². The number of hydrogen-bond acceptors (Lipinski definition) is 6. The fourth-order valence-corrected chi connectivity index (χ4v) is 4.91. The van der Waals surface area contributed by atoms with Gasteiger partial charge >= 0.3 is 5.97 Å². The second kappa shape index (κ2) is 9.01. The molecule has 1 saturated carbocycles. The van der Waals surface area contributed by atoms with Crippen LogP contribution >= 0.6 is 11.3 Å². The molecular formula is C23H25N3O4S. The van der Waals surface area contributed by atoms with Crippen LogP contribution in [0, 0.1) is 6.92 Å². The number of esters is 1. The van der Waals surface area contributed by atoms with E-state index < -0.39 is 12.0 Å². The van der Waals surface area contributed by atoms with Crippen LogP contribution in [0.25, 0.3) is 10.2 Å².